The smallest absolute Gasteiger partial charge is 0.322 e. The molecule has 0 aliphatic carbocycles. The van der Waals surface area contributed by atoms with Crippen LogP contribution in [0.15, 0.2) is 42.5 Å². The first-order valence-electron chi connectivity index (χ1n) is 8.25. The number of benzene rings is 2. The number of nitrogens with one attached hydrogen (secondary N) is 1. The van der Waals surface area contributed by atoms with Crippen LogP contribution in [0.3, 0.4) is 0 Å². The van der Waals surface area contributed by atoms with Crippen LogP contribution in [0.25, 0.3) is 0 Å². The van der Waals surface area contributed by atoms with Crippen molar-refractivity contribution in [3.8, 4) is 0 Å². The summed E-state index contributed by atoms with van der Waals surface area (Å²) < 4.78 is 63.7. The van der Waals surface area contributed by atoms with E-state index in [2.05, 4.69) is 5.32 Å². The fourth-order valence-corrected chi connectivity index (χ4v) is 4.90. The van der Waals surface area contributed by atoms with Crippen LogP contribution >= 0.6 is 11.6 Å². The average molecular weight is 447 g/mol. The molecule has 0 spiro atoms. The predicted octanol–water partition coefficient (Wildman–Crippen LogP) is 3.92. The van der Waals surface area contributed by atoms with Gasteiger partial charge in [-0.1, -0.05) is 18.5 Å². The Balaban J connectivity index is 1.81. The molecule has 2 aromatic carbocycles. The summed E-state index contributed by atoms with van der Waals surface area (Å²) in [6, 6.07) is 8.07. The largest absolute Gasteiger partial charge is 0.417 e. The minimum atomic E-state index is -4.68. The number of sulfonamides is 1. The van der Waals surface area contributed by atoms with Gasteiger partial charge in [0.05, 0.1) is 27.9 Å². The van der Waals surface area contributed by atoms with E-state index in [9.17, 15) is 31.2 Å². The molecule has 0 bridgehead atoms. The molecule has 1 N–H and O–H groups in total. The molecule has 0 saturated carbocycles. The van der Waals surface area contributed by atoms with Crippen molar-refractivity contribution in [1.29, 1.82) is 0 Å². The van der Waals surface area contributed by atoms with E-state index in [4.69, 9.17) is 11.6 Å². The second-order valence-electron chi connectivity index (χ2n) is 6.48. The van der Waals surface area contributed by atoms with Crippen molar-refractivity contribution in [2.75, 3.05) is 15.4 Å². The van der Waals surface area contributed by atoms with E-state index in [1.165, 1.54) is 37.3 Å². The molecule has 2 aromatic rings. The van der Waals surface area contributed by atoms with Gasteiger partial charge in [0.25, 0.3) is 5.91 Å². The maximum atomic E-state index is 12.9. The minimum absolute atomic E-state index is 0.0642. The Morgan fingerprint density at radius 3 is 2.31 bits per heavy atom. The molecule has 1 fully saturated rings. The van der Waals surface area contributed by atoms with Crippen molar-refractivity contribution < 1.29 is 31.2 Å². The average Bonchev–Trinajstić information content (AvgIpc) is 2.83. The van der Waals surface area contributed by atoms with E-state index in [0.717, 1.165) is 6.07 Å². The van der Waals surface area contributed by atoms with Gasteiger partial charge < -0.3 is 5.32 Å². The van der Waals surface area contributed by atoms with Gasteiger partial charge in [-0.15, -0.1) is 0 Å². The Labute approximate surface area is 169 Å². The summed E-state index contributed by atoms with van der Waals surface area (Å²) in [5.41, 5.74) is -1.04. The summed E-state index contributed by atoms with van der Waals surface area (Å²) in [5.74, 6) is -2.25. The third-order valence-corrected chi connectivity index (χ3v) is 6.45. The first-order valence-corrected chi connectivity index (χ1v) is 10.2. The van der Waals surface area contributed by atoms with Crippen LogP contribution in [0.4, 0.5) is 24.5 Å². The number of alkyl halides is 3. The van der Waals surface area contributed by atoms with Crippen molar-refractivity contribution in [1.82, 2.24) is 0 Å². The van der Waals surface area contributed by atoms with Crippen molar-refractivity contribution in [2.24, 2.45) is 5.92 Å². The number of carbonyl (C=O) groups excluding carboxylic acids is 2. The molecule has 11 heteroatoms. The van der Waals surface area contributed by atoms with E-state index < -0.39 is 44.5 Å². The Bertz CT molecular complexity index is 1090. The molecular weight excluding hydrogens is 433 g/mol. The zero-order chi connectivity index (χ0) is 21.6. The van der Waals surface area contributed by atoms with Gasteiger partial charge in [0, 0.05) is 11.3 Å². The van der Waals surface area contributed by atoms with Crippen LogP contribution in [-0.2, 0) is 21.0 Å². The van der Waals surface area contributed by atoms with Gasteiger partial charge in [0.15, 0.2) is 0 Å². The summed E-state index contributed by atoms with van der Waals surface area (Å²) >= 11 is 5.55. The Morgan fingerprint density at radius 1 is 1.17 bits per heavy atom. The van der Waals surface area contributed by atoms with Crippen LogP contribution < -0.4 is 9.62 Å². The highest BCUT2D eigenvalue weighted by atomic mass is 35.5. The number of anilines is 2. The SMILES string of the molecule is CC1CS(=O)(=O)N(c2ccc(C(=O)Nc3ccc(Cl)c(C(F)(F)F)c3)cc2)C1=O. The molecule has 154 valence electrons. The number of amides is 2. The van der Waals surface area contributed by atoms with Gasteiger partial charge in [0.1, 0.15) is 0 Å². The summed E-state index contributed by atoms with van der Waals surface area (Å²) in [6.07, 6.45) is -4.68. The molecule has 29 heavy (non-hydrogen) atoms. The summed E-state index contributed by atoms with van der Waals surface area (Å²) in [7, 11) is -3.78. The molecule has 1 atom stereocenters. The Kier molecular flexibility index (Phi) is 5.35. The molecule has 6 nitrogen and oxygen atoms in total. The highest BCUT2D eigenvalue weighted by Gasteiger charge is 2.42. The molecule has 1 saturated heterocycles. The third-order valence-electron chi connectivity index (χ3n) is 4.25. The fourth-order valence-electron chi connectivity index (χ4n) is 2.86. The third kappa shape index (κ3) is 4.23. The molecule has 0 radical (unpaired) electrons. The Hall–Kier alpha value is -2.59. The lowest BCUT2D eigenvalue weighted by molar-refractivity contribution is -0.137. The van der Waals surface area contributed by atoms with Gasteiger partial charge in [0.2, 0.25) is 15.9 Å². The topological polar surface area (TPSA) is 83.6 Å². The molecule has 3 rings (SSSR count). The number of hydrogen-bond donors (Lipinski definition) is 1. The van der Waals surface area contributed by atoms with E-state index in [1.54, 1.807) is 0 Å². The van der Waals surface area contributed by atoms with Gasteiger partial charge in [-0.2, -0.15) is 13.2 Å². The number of carbonyl (C=O) groups is 2. The monoisotopic (exact) mass is 446 g/mol. The molecule has 1 unspecified atom stereocenters. The number of hydrogen-bond acceptors (Lipinski definition) is 4. The van der Waals surface area contributed by atoms with Crippen LogP contribution in [0.1, 0.15) is 22.8 Å². The van der Waals surface area contributed by atoms with Crippen molar-refractivity contribution in [3.63, 3.8) is 0 Å². The zero-order valence-corrected chi connectivity index (χ0v) is 16.4. The summed E-state index contributed by atoms with van der Waals surface area (Å²) in [6.45, 7) is 1.50. The number of nitrogens with zero attached hydrogens (tertiary/aromatic N) is 1. The van der Waals surface area contributed by atoms with Crippen LogP contribution in [0.2, 0.25) is 5.02 Å². The maximum Gasteiger partial charge on any atom is 0.417 e. The minimum Gasteiger partial charge on any atom is -0.322 e. The predicted molar refractivity (Wildman–Crippen MR) is 101 cm³/mol. The van der Waals surface area contributed by atoms with Crippen LogP contribution in [-0.4, -0.2) is 26.0 Å². The number of rotatable bonds is 3. The number of halogens is 4. The normalized spacial score (nSPS) is 18.7. The van der Waals surface area contributed by atoms with Gasteiger partial charge in [-0.3, -0.25) is 9.59 Å². The van der Waals surface area contributed by atoms with E-state index in [0.29, 0.717) is 10.4 Å². The van der Waals surface area contributed by atoms with E-state index in [1.807, 2.05) is 0 Å². The first kappa shape index (κ1) is 21.1. The summed E-state index contributed by atoms with van der Waals surface area (Å²) in [5, 5.41) is 1.83. The molecule has 2 amide bonds. The standard InChI is InChI=1S/C18H14ClF3N2O4S/c1-10-9-29(27,28)24(17(10)26)13-5-2-11(3-6-13)16(25)23-12-4-7-15(19)14(8-12)18(20,21)22/h2-8,10H,9H2,1H3,(H,23,25). The highest BCUT2D eigenvalue weighted by Crippen LogP contribution is 2.36. The Morgan fingerprint density at radius 2 is 1.79 bits per heavy atom. The van der Waals surface area contributed by atoms with E-state index in [-0.39, 0.29) is 22.7 Å². The second kappa shape index (κ2) is 7.34. The lowest BCUT2D eigenvalue weighted by atomic mass is 10.1. The quantitative estimate of drug-likeness (QED) is 0.774. The van der Waals surface area contributed by atoms with Crippen molar-refractivity contribution >= 4 is 44.8 Å². The lowest BCUT2D eigenvalue weighted by Crippen LogP contribution is -2.30. The molecule has 1 heterocycles. The first-order chi connectivity index (χ1) is 13.4. The van der Waals surface area contributed by atoms with Crippen LogP contribution in [0, 0.1) is 5.92 Å². The van der Waals surface area contributed by atoms with Crippen molar-refractivity contribution in [3.05, 3.63) is 58.6 Å². The van der Waals surface area contributed by atoms with Crippen molar-refractivity contribution in [2.45, 2.75) is 13.1 Å². The zero-order valence-electron chi connectivity index (χ0n) is 14.8. The van der Waals surface area contributed by atoms with Gasteiger partial charge >= 0.3 is 6.18 Å². The van der Waals surface area contributed by atoms with Crippen LogP contribution in [0.5, 0.6) is 0 Å². The van der Waals surface area contributed by atoms with Gasteiger partial charge in [-0.05, 0) is 42.5 Å². The summed E-state index contributed by atoms with van der Waals surface area (Å²) in [4.78, 5) is 24.4. The fraction of sp³-hybridized carbons (Fsp3) is 0.222. The lowest BCUT2D eigenvalue weighted by Gasteiger charge is -2.16. The molecular formula is C18H14ClF3N2O4S. The maximum absolute atomic E-state index is 12.9. The highest BCUT2D eigenvalue weighted by molar-refractivity contribution is 7.94. The molecule has 0 aromatic heterocycles. The second-order valence-corrected chi connectivity index (χ2v) is 8.75. The van der Waals surface area contributed by atoms with Gasteiger partial charge in [-0.25, -0.2) is 12.7 Å². The molecule has 1 aliphatic rings. The van der Waals surface area contributed by atoms with E-state index >= 15 is 0 Å². The molecule has 1 aliphatic heterocycles.